The van der Waals surface area contributed by atoms with E-state index in [0.29, 0.717) is 13.2 Å². The maximum absolute atomic E-state index is 6.32. The van der Waals surface area contributed by atoms with Crippen LogP contribution in [0.1, 0.15) is 32.8 Å². The lowest BCUT2D eigenvalue weighted by atomic mass is 10.1. The summed E-state index contributed by atoms with van der Waals surface area (Å²) in [5.74, 6) is 0. The van der Waals surface area contributed by atoms with Gasteiger partial charge in [0.1, 0.15) is 12.2 Å². The lowest BCUT2D eigenvalue weighted by Crippen LogP contribution is -2.46. The Bertz CT molecular complexity index is 540. The van der Waals surface area contributed by atoms with E-state index in [0.717, 1.165) is 6.42 Å². The fourth-order valence-electron chi connectivity index (χ4n) is 2.91. The molecule has 0 unspecified atom stereocenters. The highest BCUT2D eigenvalue weighted by Gasteiger charge is 2.50. The summed E-state index contributed by atoms with van der Waals surface area (Å²) >= 11 is 0. The Morgan fingerprint density at radius 1 is 1.12 bits per heavy atom. The van der Waals surface area contributed by atoms with Crippen LogP contribution in [0.15, 0.2) is 30.3 Å². The summed E-state index contributed by atoms with van der Waals surface area (Å²) in [5, 5.41) is 0.203. The van der Waals surface area contributed by atoms with E-state index in [2.05, 4.69) is 46.0 Å². The zero-order valence-corrected chi connectivity index (χ0v) is 16.5. The molecule has 0 saturated carbocycles. The molecular weight excluding hydrogens is 320 g/mol. The van der Waals surface area contributed by atoms with Crippen LogP contribution < -0.4 is 0 Å². The number of ether oxygens (including phenoxy) is 3. The molecule has 5 heteroatoms. The molecule has 2 heterocycles. The number of rotatable bonds is 6. The minimum absolute atomic E-state index is 0.0107. The SMILES string of the molecule is CC(C)(C)[Si](C)(C)OC[C@H]1O[C@@H]2C[C@@H](OCc3ccccc3)[C@H]1O2. The largest absolute Gasteiger partial charge is 0.414 e. The van der Waals surface area contributed by atoms with Crippen LogP contribution in [0, 0.1) is 0 Å². The predicted octanol–water partition coefficient (Wildman–Crippen LogP) is 4.11. The maximum atomic E-state index is 6.32. The number of hydrogen-bond acceptors (Lipinski definition) is 4. The Hall–Kier alpha value is -0.723. The van der Waals surface area contributed by atoms with Crippen molar-refractivity contribution in [2.75, 3.05) is 6.61 Å². The van der Waals surface area contributed by atoms with Crippen molar-refractivity contribution in [1.82, 2.24) is 0 Å². The van der Waals surface area contributed by atoms with Gasteiger partial charge in [0.15, 0.2) is 14.6 Å². The summed E-state index contributed by atoms with van der Waals surface area (Å²) in [4.78, 5) is 0. The lowest BCUT2D eigenvalue weighted by Gasteiger charge is -2.37. The average molecular weight is 351 g/mol. The predicted molar refractivity (Wildman–Crippen MR) is 96.3 cm³/mol. The molecule has 4 nitrogen and oxygen atoms in total. The van der Waals surface area contributed by atoms with Gasteiger partial charge in [-0.25, -0.2) is 0 Å². The molecule has 4 atom stereocenters. The number of fused-ring (bicyclic) bond motifs is 2. The van der Waals surface area contributed by atoms with Gasteiger partial charge in [-0.3, -0.25) is 0 Å². The molecule has 3 rings (SSSR count). The second-order valence-corrected chi connectivity index (χ2v) is 13.2. The third kappa shape index (κ3) is 3.91. The molecule has 2 fully saturated rings. The van der Waals surface area contributed by atoms with Crippen molar-refractivity contribution < 1.29 is 18.6 Å². The summed E-state index contributed by atoms with van der Waals surface area (Å²) in [5.41, 5.74) is 1.19. The Labute approximate surface area is 146 Å². The molecule has 2 bridgehead atoms. The normalized spacial score (nSPS) is 30.0. The topological polar surface area (TPSA) is 36.9 Å². The molecule has 0 amide bonds. The van der Waals surface area contributed by atoms with Gasteiger partial charge in [-0.2, -0.15) is 0 Å². The molecule has 1 aromatic rings. The minimum Gasteiger partial charge on any atom is -0.414 e. The van der Waals surface area contributed by atoms with Gasteiger partial charge < -0.3 is 18.6 Å². The molecule has 0 aromatic heterocycles. The van der Waals surface area contributed by atoms with Crippen molar-refractivity contribution in [1.29, 1.82) is 0 Å². The highest BCUT2D eigenvalue weighted by atomic mass is 28.4. The standard InChI is InChI=1S/C19H30O4Si/c1-19(2,3)24(4,5)21-13-16-18-15(11-17(22-16)23-18)20-12-14-9-7-6-8-10-14/h6-10,15-18H,11-13H2,1-5H3/t15-,16-,17+,18-/m1/s1. The van der Waals surface area contributed by atoms with E-state index >= 15 is 0 Å². The van der Waals surface area contributed by atoms with Crippen LogP contribution in [0.25, 0.3) is 0 Å². The number of benzene rings is 1. The van der Waals surface area contributed by atoms with Crippen LogP contribution >= 0.6 is 0 Å². The van der Waals surface area contributed by atoms with Crippen LogP contribution in [0.5, 0.6) is 0 Å². The van der Waals surface area contributed by atoms with E-state index in [1.165, 1.54) is 5.56 Å². The second-order valence-electron chi connectivity index (χ2n) is 8.35. The molecule has 134 valence electrons. The zero-order valence-electron chi connectivity index (χ0n) is 15.5. The maximum Gasteiger partial charge on any atom is 0.192 e. The Morgan fingerprint density at radius 3 is 2.46 bits per heavy atom. The molecule has 24 heavy (non-hydrogen) atoms. The minimum atomic E-state index is -1.77. The Balaban J connectivity index is 1.52. The Kier molecular flexibility index (Phi) is 5.19. The first kappa shape index (κ1) is 18.1. The van der Waals surface area contributed by atoms with E-state index in [4.69, 9.17) is 18.6 Å². The molecular formula is C19H30O4Si. The second kappa shape index (κ2) is 6.88. The van der Waals surface area contributed by atoms with E-state index < -0.39 is 8.32 Å². The van der Waals surface area contributed by atoms with E-state index in [1.54, 1.807) is 0 Å². The average Bonchev–Trinajstić information content (AvgIpc) is 3.11. The summed E-state index contributed by atoms with van der Waals surface area (Å²) in [6.45, 7) is 12.5. The molecule has 0 N–H and O–H groups in total. The van der Waals surface area contributed by atoms with Crippen molar-refractivity contribution in [3.8, 4) is 0 Å². The van der Waals surface area contributed by atoms with Gasteiger partial charge in [0.2, 0.25) is 0 Å². The molecule has 0 spiro atoms. The van der Waals surface area contributed by atoms with Gasteiger partial charge in [-0.05, 0) is 23.7 Å². The van der Waals surface area contributed by atoms with Gasteiger partial charge in [-0.1, -0.05) is 51.1 Å². The van der Waals surface area contributed by atoms with Crippen LogP contribution in [-0.2, 0) is 25.2 Å². The highest BCUT2D eigenvalue weighted by Crippen LogP contribution is 2.39. The first-order valence-electron chi connectivity index (χ1n) is 8.87. The Morgan fingerprint density at radius 2 is 1.83 bits per heavy atom. The van der Waals surface area contributed by atoms with Crippen molar-refractivity contribution >= 4 is 8.32 Å². The highest BCUT2D eigenvalue weighted by molar-refractivity contribution is 6.74. The third-order valence-corrected chi connectivity index (χ3v) is 10.0. The van der Waals surface area contributed by atoms with Gasteiger partial charge in [-0.15, -0.1) is 0 Å². The number of hydrogen-bond donors (Lipinski definition) is 0. The van der Waals surface area contributed by atoms with Crippen LogP contribution in [0.3, 0.4) is 0 Å². The van der Waals surface area contributed by atoms with E-state index in [9.17, 15) is 0 Å². The zero-order chi connectivity index (χ0) is 17.4. The summed E-state index contributed by atoms with van der Waals surface area (Å²) in [7, 11) is -1.77. The molecule has 2 aliphatic rings. The molecule has 0 radical (unpaired) electrons. The van der Waals surface area contributed by atoms with Crippen LogP contribution in [0.4, 0.5) is 0 Å². The fourth-order valence-corrected chi connectivity index (χ4v) is 3.92. The van der Waals surface area contributed by atoms with Gasteiger partial charge in [0, 0.05) is 6.42 Å². The quantitative estimate of drug-likeness (QED) is 0.724. The van der Waals surface area contributed by atoms with Gasteiger partial charge in [0.25, 0.3) is 0 Å². The van der Waals surface area contributed by atoms with Crippen molar-refractivity contribution in [3.05, 3.63) is 35.9 Å². The van der Waals surface area contributed by atoms with Crippen LogP contribution in [0.2, 0.25) is 18.1 Å². The van der Waals surface area contributed by atoms with Gasteiger partial charge >= 0.3 is 0 Å². The van der Waals surface area contributed by atoms with Crippen molar-refractivity contribution in [2.24, 2.45) is 0 Å². The molecule has 0 aliphatic carbocycles. The summed E-state index contributed by atoms with van der Waals surface area (Å²) < 4.78 is 24.3. The monoisotopic (exact) mass is 350 g/mol. The third-order valence-electron chi connectivity index (χ3n) is 5.51. The van der Waals surface area contributed by atoms with Crippen LogP contribution in [-0.4, -0.2) is 39.5 Å². The molecule has 1 aromatic carbocycles. The van der Waals surface area contributed by atoms with E-state index in [-0.39, 0.29) is 29.6 Å². The van der Waals surface area contributed by atoms with Crippen molar-refractivity contribution in [3.63, 3.8) is 0 Å². The smallest absolute Gasteiger partial charge is 0.192 e. The molecule has 2 aliphatic heterocycles. The fraction of sp³-hybridized carbons (Fsp3) is 0.684. The molecule has 2 saturated heterocycles. The van der Waals surface area contributed by atoms with Crippen molar-refractivity contribution in [2.45, 2.75) is 76.5 Å². The summed E-state index contributed by atoms with van der Waals surface area (Å²) in [6, 6.07) is 10.3. The van der Waals surface area contributed by atoms with Gasteiger partial charge in [0.05, 0.1) is 19.3 Å². The van der Waals surface area contributed by atoms with E-state index in [1.807, 2.05) is 18.2 Å². The first-order chi connectivity index (χ1) is 11.3. The summed E-state index contributed by atoms with van der Waals surface area (Å²) in [6.07, 6.45) is 0.747. The lowest BCUT2D eigenvalue weighted by molar-refractivity contribution is -0.0830. The first-order valence-corrected chi connectivity index (χ1v) is 11.8.